The van der Waals surface area contributed by atoms with E-state index in [4.69, 9.17) is 9.97 Å². The zero-order valence-corrected chi connectivity index (χ0v) is 17.1. The van der Waals surface area contributed by atoms with Gasteiger partial charge in [0.1, 0.15) is 10.7 Å². The molecule has 0 unspecified atom stereocenters. The van der Waals surface area contributed by atoms with Gasteiger partial charge >= 0.3 is 0 Å². The number of hydrogen-bond donors (Lipinski definition) is 1. The molecule has 0 amide bonds. The Hall–Kier alpha value is -3.31. The fourth-order valence-corrected chi connectivity index (χ4v) is 5.68. The van der Waals surface area contributed by atoms with E-state index in [2.05, 4.69) is 4.98 Å². The van der Waals surface area contributed by atoms with E-state index in [1.54, 1.807) is 11.3 Å². The number of aromatic amines is 1. The van der Waals surface area contributed by atoms with Gasteiger partial charge in [0.15, 0.2) is 0 Å². The van der Waals surface area contributed by atoms with Gasteiger partial charge in [0.2, 0.25) is 0 Å². The largest absolute Gasteiger partial charge is 0.306 e. The maximum Gasteiger partial charge on any atom is 0.260 e. The highest BCUT2D eigenvalue weighted by Crippen LogP contribution is 2.35. The van der Waals surface area contributed by atoms with Crippen molar-refractivity contribution in [3.63, 3.8) is 0 Å². The number of pyridine rings is 1. The second kappa shape index (κ2) is 6.89. The summed E-state index contributed by atoms with van der Waals surface area (Å²) in [5.41, 5.74) is 4.89. The number of para-hydroxylation sites is 1. The van der Waals surface area contributed by atoms with Gasteiger partial charge in [-0.05, 0) is 43.4 Å². The lowest BCUT2D eigenvalue weighted by atomic mass is 9.97. The first-order chi connectivity index (χ1) is 14.8. The number of fused-ring (bicyclic) bond motifs is 4. The Bertz CT molecular complexity index is 1470. The van der Waals surface area contributed by atoms with Crippen LogP contribution in [0.25, 0.3) is 43.8 Å². The number of H-pyrrole nitrogens is 1. The Morgan fingerprint density at radius 2 is 1.70 bits per heavy atom. The standard InChI is InChI=1S/C25H19N3OS/c29-24-22-17-11-5-7-13-21(17)30-25(22)28-23(27-24)18-14-20(15-8-2-1-3-9-15)26-19-12-6-4-10-16(18)19/h1-4,6,8-10,12,14H,5,7,11,13H2,(H,27,28,29). The fraction of sp³-hybridized carbons (Fsp3) is 0.160. The van der Waals surface area contributed by atoms with Gasteiger partial charge in [0.05, 0.1) is 16.6 Å². The Kier molecular flexibility index (Phi) is 4.03. The van der Waals surface area contributed by atoms with Crippen molar-refractivity contribution in [1.82, 2.24) is 15.0 Å². The number of nitrogens with zero attached hydrogens (tertiary/aromatic N) is 2. The smallest absolute Gasteiger partial charge is 0.260 e. The van der Waals surface area contributed by atoms with Gasteiger partial charge in [-0.2, -0.15) is 0 Å². The Balaban J connectivity index is 1.63. The van der Waals surface area contributed by atoms with E-state index < -0.39 is 0 Å². The lowest BCUT2D eigenvalue weighted by molar-refractivity contribution is 0.700. The molecule has 30 heavy (non-hydrogen) atoms. The average molecular weight is 410 g/mol. The molecule has 0 fully saturated rings. The molecule has 4 nitrogen and oxygen atoms in total. The van der Waals surface area contributed by atoms with Crippen molar-refractivity contribution in [2.24, 2.45) is 0 Å². The summed E-state index contributed by atoms with van der Waals surface area (Å²) < 4.78 is 0. The zero-order chi connectivity index (χ0) is 20.1. The lowest BCUT2D eigenvalue weighted by Gasteiger charge is -2.10. The molecule has 1 N–H and O–H groups in total. The number of nitrogens with one attached hydrogen (secondary N) is 1. The summed E-state index contributed by atoms with van der Waals surface area (Å²) in [6, 6.07) is 20.2. The zero-order valence-electron chi connectivity index (χ0n) is 16.3. The summed E-state index contributed by atoms with van der Waals surface area (Å²) in [6.07, 6.45) is 4.38. The number of thiophene rings is 1. The van der Waals surface area contributed by atoms with Gasteiger partial charge in [-0.25, -0.2) is 9.97 Å². The molecule has 2 aromatic carbocycles. The maximum absolute atomic E-state index is 13.1. The Morgan fingerprint density at radius 1 is 0.900 bits per heavy atom. The van der Waals surface area contributed by atoms with Crippen molar-refractivity contribution in [2.75, 3.05) is 0 Å². The average Bonchev–Trinajstić information content (AvgIpc) is 3.18. The normalized spacial score (nSPS) is 13.6. The molecule has 5 heteroatoms. The van der Waals surface area contributed by atoms with E-state index in [0.29, 0.717) is 5.82 Å². The highest BCUT2D eigenvalue weighted by molar-refractivity contribution is 7.18. The van der Waals surface area contributed by atoms with E-state index >= 15 is 0 Å². The summed E-state index contributed by atoms with van der Waals surface area (Å²) in [5.74, 6) is 0.613. The predicted molar refractivity (Wildman–Crippen MR) is 123 cm³/mol. The quantitative estimate of drug-likeness (QED) is 0.404. The van der Waals surface area contributed by atoms with Crippen molar-refractivity contribution < 1.29 is 0 Å². The molecule has 0 aliphatic heterocycles. The van der Waals surface area contributed by atoms with Crippen LogP contribution in [0, 0.1) is 0 Å². The molecular weight excluding hydrogens is 390 g/mol. The van der Waals surface area contributed by atoms with Gasteiger partial charge < -0.3 is 4.98 Å². The molecule has 1 aliphatic rings. The van der Waals surface area contributed by atoms with E-state index in [9.17, 15) is 4.79 Å². The molecular formula is C25H19N3OS. The fourth-order valence-electron chi connectivity index (χ4n) is 4.42. The summed E-state index contributed by atoms with van der Waals surface area (Å²) in [5, 5.41) is 1.78. The van der Waals surface area contributed by atoms with Gasteiger partial charge in [-0.1, -0.05) is 48.5 Å². The van der Waals surface area contributed by atoms with Gasteiger partial charge in [-0.15, -0.1) is 11.3 Å². The molecule has 5 aromatic rings. The molecule has 0 atom stereocenters. The van der Waals surface area contributed by atoms with Gasteiger partial charge in [0, 0.05) is 21.4 Å². The van der Waals surface area contributed by atoms with E-state index in [0.717, 1.165) is 57.2 Å². The minimum Gasteiger partial charge on any atom is -0.306 e. The molecule has 0 spiro atoms. The first-order valence-corrected chi connectivity index (χ1v) is 11.1. The highest BCUT2D eigenvalue weighted by atomic mass is 32.1. The Morgan fingerprint density at radius 3 is 2.60 bits per heavy atom. The molecule has 3 aromatic heterocycles. The van der Waals surface area contributed by atoms with Gasteiger partial charge in [-0.3, -0.25) is 4.79 Å². The van der Waals surface area contributed by atoms with Crippen LogP contribution in [-0.2, 0) is 12.8 Å². The molecule has 0 saturated carbocycles. The minimum absolute atomic E-state index is 0.0310. The molecule has 1 aliphatic carbocycles. The van der Waals surface area contributed by atoms with Crippen LogP contribution < -0.4 is 5.56 Å². The first-order valence-electron chi connectivity index (χ1n) is 10.3. The summed E-state index contributed by atoms with van der Waals surface area (Å²) in [4.78, 5) is 28.1. The number of hydrogen-bond acceptors (Lipinski definition) is 4. The van der Waals surface area contributed by atoms with Crippen molar-refractivity contribution in [3.05, 3.63) is 81.5 Å². The molecule has 146 valence electrons. The maximum atomic E-state index is 13.1. The summed E-state index contributed by atoms with van der Waals surface area (Å²) >= 11 is 1.68. The molecule has 0 bridgehead atoms. The monoisotopic (exact) mass is 409 g/mol. The predicted octanol–water partition coefficient (Wildman–Crippen LogP) is 5.75. The van der Waals surface area contributed by atoms with Gasteiger partial charge in [0.25, 0.3) is 5.56 Å². The van der Waals surface area contributed by atoms with Crippen LogP contribution in [0.1, 0.15) is 23.3 Å². The number of aryl methyl sites for hydroxylation is 2. The van der Waals surface area contributed by atoms with E-state index in [-0.39, 0.29) is 5.56 Å². The van der Waals surface area contributed by atoms with Crippen molar-refractivity contribution in [1.29, 1.82) is 0 Å². The molecule has 0 radical (unpaired) electrons. The first kappa shape index (κ1) is 17.5. The van der Waals surface area contributed by atoms with Crippen LogP contribution >= 0.6 is 11.3 Å². The van der Waals surface area contributed by atoms with Crippen molar-refractivity contribution in [3.8, 4) is 22.6 Å². The van der Waals surface area contributed by atoms with Crippen molar-refractivity contribution >= 4 is 32.5 Å². The number of aromatic nitrogens is 3. The van der Waals surface area contributed by atoms with Crippen LogP contribution in [0.4, 0.5) is 0 Å². The molecule has 6 rings (SSSR count). The SMILES string of the molecule is O=c1[nH]c(-c2cc(-c3ccccc3)nc3ccccc23)nc2sc3c(c12)CCCC3. The van der Waals surface area contributed by atoms with E-state index in [1.807, 2.05) is 60.7 Å². The van der Waals surface area contributed by atoms with Crippen LogP contribution in [0.3, 0.4) is 0 Å². The molecule has 0 saturated heterocycles. The highest BCUT2D eigenvalue weighted by Gasteiger charge is 2.21. The number of benzene rings is 2. The summed E-state index contributed by atoms with van der Waals surface area (Å²) in [6.45, 7) is 0. The Labute approximate surface area is 177 Å². The second-order valence-electron chi connectivity index (χ2n) is 7.74. The van der Waals surface area contributed by atoms with Crippen molar-refractivity contribution in [2.45, 2.75) is 25.7 Å². The third-order valence-electron chi connectivity index (χ3n) is 5.87. The third-order valence-corrected chi connectivity index (χ3v) is 7.05. The van der Waals surface area contributed by atoms with Crippen LogP contribution in [0.5, 0.6) is 0 Å². The van der Waals surface area contributed by atoms with E-state index in [1.165, 1.54) is 16.9 Å². The lowest BCUT2D eigenvalue weighted by Crippen LogP contribution is -2.11. The van der Waals surface area contributed by atoms with Crippen LogP contribution in [-0.4, -0.2) is 15.0 Å². The summed E-state index contributed by atoms with van der Waals surface area (Å²) in [7, 11) is 0. The number of rotatable bonds is 2. The van der Waals surface area contributed by atoms with Crippen LogP contribution in [0.2, 0.25) is 0 Å². The minimum atomic E-state index is -0.0310. The molecule has 3 heterocycles. The second-order valence-corrected chi connectivity index (χ2v) is 8.83. The van der Waals surface area contributed by atoms with Crippen LogP contribution in [0.15, 0.2) is 65.5 Å². The third kappa shape index (κ3) is 2.77. The topological polar surface area (TPSA) is 58.6 Å².